The van der Waals surface area contributed by atoms with Crippen LogP contribution in [0, 0.1) is 5.92 Å². The Labute approximate surface area is 83.3 Å². The third-order valence-corrected chi connectivity index (χ3v) is 2.48. The molecule has 2 amide bonds. The van der Waals surface area contributed by atoms with Crippen LogP contribution in [-0.4, -0.2) is 29.0 Å². The maximum Gasteiger partial charge on any atom is 0.232 e. The largest absolute Gasteiger partial charge is 0.300 e. The molecule has 0 saturated carbocycles. The molecule has 4 heteroatoms. The molecule has 1 aliphatic rings. The van der Waals surface area contributed by atoms with Crippen molar-refractivity contribution in [2.24, 2.45) is 5.92 Å². The lowest BCUT2D eigenvalue weighted by Gasteiger charge is -2.12. The summed E-state index contributed by atoms with van der Waals surface area (Å²) in [6.45, 7) is 3.77. The third kappa shape index (κ3) is 2.19. The number of carbonyl (C=O) groups excluding carboxylic acids is 3. The first kappa shape index (κ1) is 10.9. The number of nitrogens with zero attached hydrogens (tertiary/aromatic N) is 1. The van der Waals surface area contributed by atoms with Crippen molar-refractivity contribution in [1.29, 1.82) is 0 Å². The van der Waals surface area contributed by atoms with Crippen molar-refractivity contribution in [3.05, 3.63) is 0 Å². The molecule has 0 aliphatic carbocycles. The summed E-state index contributed by atoms with van der Waals surface area (Å²) in [5.74, 6) is -0.408. The highest BCUT2D eigenvalue weighted by atomic mass is 16.2. The van der Waals surface area contributed by atoms with Gasteiger partial charge in [-0.05, 0) is 0 Å². The maximum atomic E-state index is 11.4. The number of ketones is 1. The van der Waals surface area contributed by atoms with Gasteiger partial charge in [-0.15, -0.1) is 0 Å². The van der Waals surface area contributed by atoms with Gasteiger partial charge in [-0.25, -0.2) is 0 Å². The summed E-state index contributed by atoms with van der Waals surface area (Å²) in [7, 11) is 0. The van der Waals surface area contributed by atoms with Crippen LogP contribution in [0.1, 0.15) is 33.1 Å². The second kappa shape index (κ2) is 4.35. The van der Waals surface area contributed by atoms with Crippen LogP contribution in [0.2, 0.25) is 0 Å². The van der Waals surface area contributed by atoms with E-state index in [4.69, 9.17) is 0 Å². The first-order valence-corrected chi connectivity index (χ1v) is 4.92. The Bertz CT molecular complexity index is 273. The Morgan fingerprint density at radius 3 is 2.57 bits per heavy atom. The highest BCUT2D eigenvalue weighted by Gasteiger charge is 2.35. The molecule has 1 rings (SSSR count). The lowest BCUT2D eigenvalue weighted by molar-refractivity contribution is -0.139. The molecule has 0 aromatic heterocycles. The van der Waals surface area contributed by atoms with E-state index in [1.165, 1.54) is 4.90 Å². The Balaban J connectivity index is 2.48. The zero-order valence-corrected chi connectivity index (χ0v) is 8.58. The molecule has 0 aromatic rings. The van der Waals surface area contributed by atoms with Crippen LogP contribution in [-0.2, 0) is 14.4 Å². The fourth-order valence-electron chi connectivity index (χ4n) is 1.50. The van der Waals surface area contributed by atoms with E-state index in [9.17, 15) is 14.4 Å². The standard InChI is InChI=1S/C10H15NO3/c1-3-8(12)4-5-11-9(13)6-7(2)10(11)14/h7H,3-6H2,1-2H3. The Morgan fingerprint density at radius 1 is 1.50 bits per heavy atom. The van der Waals surface area contributed by atoms with Gasteiger partial charge in [-0.3, -0.25) is 19.3 Å². The monoisotopic (exact) mass is 197 g/mol. The highest BCUT2D eigenvalue weighted by Crippen LogP contribution is 2.18. The molecule has 14 heavy (non-hydrogen) atoms. The number of amides is 2. The molecule has 78 valence electrons. The minimum atomic E-state index is -0.209. The molecule has 1 fully saturated rings. The SMILES string of the molecule is CCC(=O)CCN1C(=O)CC(C)C1=O. The molecule has 1 unspecified atom stereocenters. The normalized spacial score (nSPS) is 21.9. The fraction of sp³-hybridized carbons (Fsp3) is 0.700. The smallest absolute Gasteiger partial charge is 0.232 e. The van der Waals surface area contributed by atoms with E-state index in [0.29, 0.717) is 19.3 Å². The lowest BCUT2D eigenvalue weighted by atomic mass is 10.1. The van der Waals surface area contributed by atoms with E-state index in [-0.39, 0.29) is 30.1 Å². The minimum absolute atomic E-state index is 0.0881. The van der Waals surface area contributed by atoms with E-state index in [1.54, 1.807) is 13.8 Å². The van der Waals surface area contributed by atoms with Gasteiger partial charge in [0.05, 0.1) is 0 Å². The second-order valence-corrected chi connectivity index (χ2v) is 3.63. The topological polar surface area (TPSA) is 54.5 Å². The first-order valence-electron chi connectivity index (χ1n) is 4.92. The van der Waals surface area contributed by atoms with Crippen molar-refractivity contribution >= 4 is 17.6 Å². The van der Waals surface area contributed by atoms with E-state index in [2.05, 4.69) is 0 Å². The van der Waals surface area contributed by atoms with Crippen molar-refractivity contribution in [3.8, 4) is 0 Å². The van der Waals surface area contributed by atoms with Gasteiger partial charge in [-0.1, -0.05) is 13.8 Å². The van der Waals surface area contributed by atoms with Crippen LogP contribution < -0.4 is 0 Å². The molecule has 4 nitrogen and oxygen atoms in total. The lowest BCUT2D eigenvalue weighted by Crippen LogP contribution is -2.32. The van der Waals surface area contributed by atoms with Crippen molar-refractivity contribution in [1.82, 2.24) is 4.90 Å². The molecule has 0 N–H and O–H groups in total. The van der Waals surface area contributed by atoms with Gasteiger partial charge in [0, 0.05) is 31.7 Å². The quantitative estimate of drug-likeness (QED) is 0.625. The summed E-state index contributed by atoms with van der Waals surface area (Å²) in [5.41, 5.74) is 0. The average Bonchev–Trinajstić information content (AvgIpc) is 2.39. The predicted octanol–water partition coefficient (Wildman–Crippen LogP) is 0.751. The summed E-state index contributed by atoms with van der Waals surface area (Å²) in [6.07, 6.45) is 1.05. The van der Waals surface area contributed by atoms with Gasteiger partial charge >= 0.3 is 0 Å². The van der Waals surface area contributed by atoms with E-state index >= 15 is 0 Å². The summed E-state index contributed by atoms with van der Waals surface area (Å²) in [5, 5.41) is 0. The van der Waals surface area contributed by atoms with Crippen LogP contribution in [0.15, 0.2) is 0 Å². The molecular formula is C10H15NO3. The molecule has 1 atom stereocenters. The number of Topliss-reactive ketones (excluding diaryl/α,β-unsaturated/α-hetero) is 1. The summed E-state index contributed by atoms with van der Waals surface area (Å²) in [4.78, 5) is 34.9. The van der Waals surface area contributed by atoms with Crippen molar-refractivity contribution in [2.45, 2.75) is 33.1 Å². The molecule has 0 bridgehead atoms. The van der Waals surface area contributed by atoms with Crippen LogP contribution >= 0.6 is 0 Å². The Hall–Kier alpha value is -1.19. The predicted molar refractivity (Wildman–Crippen MR) is 50.4 cm³/mol. The average molecular weight is 197 g/mol. The molecule has 1 saturated heterocycles. The third-order valence-electron chi connectivity index (χ3n) is 2.48. The molecule has 0 spiro atoms. The van der Waals surface area contributed by atoms with Gasteiger partial charge < -0.3 is 0 Å². The zero-order valence-electron chi connectivity index (χ0n) is 8.58. The maximum absolute atomic E-state index is 11.4. The van der Waals surface area contributed by atoms with E-state index < -0.39 is 0 Å². The zero-order chi connectivity index (χ0) is 10.7. The summed E-state index contributed by atoms with van der Waals surface area (Å²) >= 11 is 0. The number of rotatable bonds is 4. The van der Waals surface area contributed by atoms with Crippen molar-refractivity contribution in [2.75, 3.05) is 6.54 Å². The molecule has 1 heterocycles. The number of hydrogen-bond donors (Lipinski definition) is 0. The van der Waals surface area contributed by atoms with Gasteiger partial charge in [0.2, 0.25) is 11.8 Å². The van der Waals surface area contributed by atoms with Crippen LogP contribution in [0.5, 0.6) is 0 Å². The Kier molecular flexibility index (Phi) is 3.38. The van der Waals surface area contributed by atoms with Gasteiger partial charge in [0.1, 0.15) is 5.78 Å². The number of imide groups is 1. The van der Waals surface area contributed by atoms with Crippen LogP contribution in [0.4, 0.5) is 0 Å². The highest BCUT2D eigenvalue weighted by molar-refractivity contribution is 6.03. The summed E-state index contributed by atoms with van der Waals surface area (Å²) in [6, 6.07) is 0. The van der Waals surface area contributed by atoms with Crippen LogP contribution in [0.3, 0.4) is 0 Å². The van der Waals surface area contributed by atoms with Gasteiger partial charge in [-0.2, -0.15) is 0 Å². The van der Waals surface area contributed by atoms with E-state index in [0.717, 1.165) is 0 Å². The number of likely N-dealkylation sites (tertiary alicyclic amines) is 1. The van der Waals surface area contributed by atoms with Crippen molar-refractivity contribution < 1.29 is 14.4 Å². The molecule has 0 radical (unpaired) electrons. The molecule has 0 aromatic carbocycles. The molecular weight excluding hydrogens is 182 g/mol. The van der Waals surface area contributed by atoms with Crippen molar-refractivity contribution in [3.63, 3.8) is 0 Å². The van der Waals surface area contributed by atoms with Gasteiger partial charge in [0.15, 0.2) is 0 Å². The van der Waals surface area contributed by atoms with E-state index in [1.807, 2.05) is 0 Å². The Morgan fingerprint density at radius 2 is 2.14 bits per heavy atom. The fourth-order valence-corrected chi connectivity index (χ4v) is 1.50. The second-order valence-electron chi connectivity index (χ2n) is 3.63. The summed E-state index contributed by atoms with van der Waals surface area (Å²) < 4.78 is 0. The first-order chi connectivity index (χ1) is 6.56. The molecule has 1 aliphatic heterocycles. The minimum Gasteiger partial charge on any atom is -0.300 e. The number of carbonyl (C=O) groups is 3. The van der Waals surface area contributed by atoms with Crippen LogP contribution in [0.25, 0.3) is 0 Å². The van der Waals surface area contributed by atoms with Gasteiger partial charge in [0.25, 0.3) is 0 Å². The number of hydrogen-bond acceptors (Lipinski definition) is 3.